The molecule has 0 radical (unpaired) electrons. The molecule has 0 atom stereocenters. The van der Waals surface area contributed by atoms with Gasteiger partial charge in [0.1, 0.15) is 5.75 Å². The van der Waals surface area contributed by atoms with Gasteiger partial charge in [-0.3, -0.25) is 9.59 Å². The summed E-state index contributed by atoms with van der Waals surface area (Å²) in [5, 5.41) is 3.21. The Balaban J connectivity index is 1.87. The summed E-state index contributed by atoms with van der Waals surface area (Å²) >= 11 is 6.02. The quantitative estimate of drug-likeness (QED) is 0.772. The van der Waals surface area contributed by atoms with E-state index in [9.17, 15) is 9.59 Å². The van der Waals surface area contributed by atoms with Crippen LogP contribution in [0.3, 0.4) is 0 Å². The maximum atomic E-state index is 12.2. The summed E-state index contributed by atoms with van der Waals surface area (Å²) in [6, 6.07) is 14.6. The fourth-order valence-electron chi connectivity index (χ4n) is 2.64. The van der Waals surface area contributed by atoms with Crippen LogP contribution in [-0.4, -0.2) is 43.5 Å². The lowest BCUT2D eigenvalue weighted by molar-refractivity contribution is -0.128. The molecule has 0 saturated carbocycles. The Hall–Kier alpha value is -2.53. The van der Waals surface area contributed by atoms with Crippen LogP contribution in [0.2, 0.25) is 5.02 Å². The van der Waals surface area contributed by atoms with Crippen molar-refractivity contribution in [2.24, 2.45) is 0 Å². The minimum Gasteiger partial charge on any atom is -0.496 e. The third-order valence-electron chi connectivity index (χ3n) is 4.07. The molecule has 1 N–H and O–H groups in total. The molecule has 0 aliphatic rings. The molecule has 0 heterocycles. The summed E-state index contributed by atoms with van der Waals surface area (Å²) in [7, 11) is 1.63. The Kier molecular flexibility index (Phi) is 7.48. The van der Waals surface area contributed by atoms with Gasteiger partial charge in [0, 0.05) is 26.6 Å². The van der Waals surface area contributed by atoms with Gasteiger partial charge in [-0.2, -0.15) is 0 Å². The Bertz CT molecular complexity index is 764. The highest BCUT2D eigenvalue weighted by Crippen LogP contribution is 2.18. The maximum absolute atomic E-state index is 12.2. The van der Waals surface area contributed by atoms with Crippen LogP contribution in [0.15, 0.2) is 48.5 Å². The van der Waals surface area contributed by atoms with Gasteiger partial charge >= 0.3 is 0 Å². The summed E-state index contributed by atoms with van der Waals surface area (Å²) in [6.45, 7) is 2.87. The summed E-state index contributed by atoms with van der Waals surface area (Å²) in [6.07, 6.45) is 0.683. The van der Waals surface area contributed by atoms with Crippen LogP contribution in [-0.2, 0) is 11.2 Å². The molecule has 0 spiro atoms. The van der Waals surface area contributed by atoms with Crippen LogP contribution in [0.5, 0.6) is 5.75 Å². The van der Waals surface area contributed by atoms with Crippen LogP contribution in [0.4, 0.5) is 0 Å². The number of hydrogen-bond donors (Lipinski definition) is 1. The number of amides is 2. The first-order valence-corrected chi connectivity index (χ1v) is 8.81. The van der Waals surface area contributed by atoms with Crippen LogP contribution in [0.25, 0.3) is 0 Å². The second-order valence-electron chi connectivity index (χ2n) is 5.80. The van der Waals surface area contributed by atoms with Crippen molar-refractivity contribution in [3.05, 3.63) is 64.7 Å². The average Bonchev–Trinajstić information content (AvgIpc) is 2.64. The van der Waals surface area contributed by atoms with Gasteiger partial charge in [0.05, 0.1) is 17.7 Å². The van der Waals surface area contributed by atoms with E-state index in [0.717, 1.165) is 11.3 Å². The highest BCUT2D eigenvalue weighted by Gasteiger charge is 2.13. The average molecular weight is 375 g/mol. The van der Waals surface area contributed by atoms with Crippen LogP contribution in [0, 0.1) is 0 Å². The standard InChI is InChI=1S/C20H23ClN2O3/c1-15(24)23(13-11-16-7-3-6-10-19(16)26-2)14-12-22-20(25)17-8-4-5-9-18(17)21/h3-10H,11-14H2,1-2H3,(H,22,25). The molecular formula is C20H23ClN2O3. The van der Waals surface area contributed by atoms with Crippen molar-refractivity contribution in [3.8, 4) is 5.75 Å². The predicted octanol–water partition coefficient (Wildman–Crippen LogP) is 3.17. The fourth-order valence-corrected chi connectivity index (χ4v) is 2.86. The summed E-state index contributed by atoms with van der Waals surface area (Å²) in [5.74, 6) is 0.527. The van der Waals surface area contributed by atoms with E-state index in [2.05, 4.69) is 5.32 Å². The number of nitrogens with zero attached hydrogens (tertiary/aromatic N) is 1. The van der Waals surface area contributed by atoms with Gasteiger partial charge in [-0.15, -0.1) is 0 Å². The van der Waals surface area contributed by atoms with Crippen molar-refractivity contribution in [1.82, 2.24) is 10.2 Å². The van der Waals surface area contributed by atoms with E-state index in [1.165, 1.54) is 6.92 Å². The Morgan fingerprint density at radius 3 is 2.46 bits per heavy atom. The topological polar surface area (TPSA) is 58.6 Å². The van der Waals surface area contributed by atoms with E-state index in [0.29, 0.717) is 36.6 Å². The molecule has 2 aromatic carbocycles. The molecule has 0 bridgehead atoms. The molecule has 0 aliphatic heterocycles. The normalized spacial score (nSPS) is 10.3. The van der Waals surface area contributed by atoms with Gasteiger partial charge in [0.25, 0.3) is 5.91 Å². The molecule has 0 unspecified atom stereocenters. The molecule has 0 fully saturated rings. The zero-order valence-electron chi connectivity index (χ0n) is 15.0. The van der Waals surface area contributed by atoms with Crippen LogP contribution in [0.1, 0.15) is 22.8 Å². The molecule has 0 aliphatic carbocycles. The van der Waals surface area contributed by atoms with E-state index in [4.69, 9.17) is 16.3 Å². The SMILES string of the molecule is COc1ccccc1CCN(CCNC(=O)c1ccccc1Cl)C(C)=O. The van der Waals surface area contributed by atoms with Crippen molar-refractivity contribution in [1.29, 1.82) is 0 Å². The molecule has 2 rings (SSSR count). The van der Waals surface area contributed by atoms with E-state index < -0.39 is 0 Å². The molecule has 138 valence electrons. The zero-order chi connectivity index (χ0) is 18.9. The number of nitrogens with one attached hydrogen (secondary N) is 1. The van der Waals surface area contributed by atoms with Gasteiger partial charge < -0.3 is 15.0 Å². The second-order valence-corrected chi connectivity index (χ2v) is 6.21. The maximum Gasteiger partial charge on any atom is 0.252 e. The summed E-state index contributed by atoms with van der Waals surface area (Å²) in [5.41, 5.74) is 1.47. The van der Waals surface area contributed by atoms with E-state index in [1.54, 1.807) is 36.3 Å². The highest BCUT2D eigenvalue weighted by molar-refractivity contribution is 6.33. The van der Waals surface area contributed by atoms with Crippen molar-refractivity contribution >= 4 is 23.4 Å². The largest absolute Gasteiger partial charge is 0.496 e. The fraction of sp³-hybridized carbons (Fsp3) is 0.300. The van der Waals surface area contributed by atoms with Gasteiger partial charge in [0.15, 0.2) is 0 Å². The van der Waals surface area contributed by atoms with Gasteiger partial charge in [-0.1, -0.05) is 41.9 Å². The lowest BCUT2D eigenvalue weighted by atomic mass is 10.1. The number of hydrogen-bond acceptors (Lipinski definition) is 3. The molecule has 0 aromatic heterocycles. The lowest BCUT2D eigenvalue weighted by Gasteiger charge is -2.22. The number of halogens is 1. The Morgan fingerprint density at radius 1 is 1.08 bits per heavy atom. The van der Waals surface area contributed by atoms with Gasteiger partial charge in [-0.25, -0.2) is 0 Å². The highest BCUT2D eigenvalue weighted by atomic mass is 35.5. The minimum atomic E-state index is -0.246. The van der Waals surface area contributed by atoms with Crippen molar-refractivity contribution in [2.75, 3.05) is 26.7 Å². The van der Waals surface area contributed by atoms with Gasteiger partial charge in [-0.05, 0) is 30.2 Å². The van der Waals surface area contributed by atoms with E-state index >= 15 is 0 Å². The first kappa shape index (κ1) is 19.8. The summed E-state index contributed by atoms with van der Waals surface area (Å²) < 4.78 is 5.34. The van der Waals surface area contributed by atoms with Crippen molar-refractivity contribution < 1.29 is 14.3 Å². The number of para-hydroxylation sites is 1. The number of rotatable bonds is 8. The number of methoxy groups -OCH3 is 1. The monoisotopic (exact) mass is 374 g/mol. The zero-order valence-corrected chi connectivity index (χ0v) is 15.8. The van der Waals surface area contributed by atoms with E-state index in [-0.39, 0.29) is 11.8 Å². The summed E-state index contributed by atoms with van der Waals surface area (Å²) in [4.78, 5) is 25.8. The second kappa shape index (κ2) is 9.82. The smallest absolute Gasteiger partial charge is 0.252 e. The number of ether oxygens (including phenoxy) is 1. The Morgan fingerprint density at radius 2 is 1.77 bits per heavy atom. The number of benzene rings is 2. The van der Waals surface area contributed by atoms with Gasteiger partial charge in [0.2, 0.25) is 5.91 Å². The first-order valence-electron chi connectivity index (χ1n) is 8.43. The first-order chi connectivity index (χ1) is 12.5. The molecule has 5 nitrogen and oxygen atoms in total. The third kappa shape index (κ3) is 5.49. The molecule has 0 saturated heterocycles. The molecule has 26 heavy (non-hydrogen) atoms. The predicted molar refractivity (Wildman–Crippen MR) is 103 cm³/mol. The van der Waals surface area contributed by atoms with Crippen molar-refractivity contribution in [2.45, 2.75) is 13.3 Å². The molecule has 2 amide bonds. The van der Waals surface area contributed by atoms with Crippen molar-refractivity contribution in [3.63, 3.8) is 0 Å². The molecule has 2 aromatic rings. The minimum absolute atomic E-state index is 0.0353. The van der Waals surface area contributed by atoms with E-state index in [1.807, 2.05) is 24.3 Å². The lowest BCUT2D eigenvalue weighted by Crippen LogP contribution is -2.38. The Labute approximate surface area is 158 Å². The molecule has 6 heteroatoms. The number of carbonyl (C=O) groups excluding carboxylic acids is 2. The van der Waals surface area contributed by atoms with Crippen LogP contribution < -0.4 is 10.1 Å². The third-order valence-corrected chi connectivity index (χ3v) is 4.40. The number of carbonyl (C=O) groups is 2. The van der Waals surface area contributed by atoms with Crippen LogP contribution >= 0.6 is 11.6 Å². The molecular weight excluding hydrogens is 352 g/mol.